The fourth-order valence-electron chi connectivity index (χ4n) is 1.98. The first kappa shape index (κ1) is 13.8. The summed E-state index contributed by atoms with van der Waals surface area (Å²) in [6, 6.07) is 9.33. The molecule has 1 atom stereocenters. The van der Waals surface area contributed by atoms with Crippen molar-refractivity contribution in [1.29, 1.82) is 0 Å². The number of hydrogen-bond acceptors (Lipinski definition) is 3. The molecule has 0 aliphatic carbocycles. The molecule has 0 saturated heterocycles. The van der Waals surface area contributed by atoms with Gasteiger partial charge in [0.1, 0.15) is 0 Å². The molecule has 0 fully saturated rings. The molecule has 0 spiro atoms. The van der Waals surface area contributed by atoms with Gasteiger partial charge in [-0.05, 0) is 31.5 Å². The summed E-state index contributed by atoms with van der Waals surface area (Å²) in [6.07, 6.45) is 0.889. The fraction of sp³-hybridized carbons (Fsp3) is 0.357. The normalized spacial score (nSPS) is 12.5. The molecule has 0 aliphatic rings. The van der Waals surface area contributed by atoms with Gasteiger partial charge >= 0.3 is 0 Å². The van der Waals surface area contributed by atoms with Crippen LogP contribution in [0, 0.1) is 0 Å². The smallest absolute Gasteiger partial charge is 0.0703 e. The molecule has 5 heteroatoms. The molecule has 1 unspecified atom stereocenters. The van der Waals surface area contributed by atoms with E-state index in [4.69, 9.17) is 5.73 Å². The second kappa shape index (κ2) is 6.02. The molecule has 2 rings (SSSR count). The van der Waals surface area contributed by atoms with Crippen LogP contribution in [0.25, 0.3) is 0 Å². The van der Waals surface area contributed by atoms with E-state index in [1.807, 2.05) is 35.9 Å². The maximum atomic E-state index is 12.4. The van der Waals surface area contributed by atoms with Crippen molar-refractivity contribution in [2.75, 3.05) is 5.73 Å². The van der Waals surface area contributed by atoms with Gasteiger partial charge in [-0.25, -0.2) is 0 Å². The average Bonchev–Trinajstić information content (AvgIpc) is 2.81. The van der Waals surface area contributed by atoms with Gasteiger partial charge < -0.3 is 5.73 Å². The standard InChI is InChI=1S/C14H19N3OS/c1-3-11-9-12(17(4-2)16-11)10-19(18)14-8-6-5-7-13(14)15/h5-9H,3-4,10,15H2,1-2H3. The van der Waals surface area contributed by atoms with Crippen LogP contribution < -0.4 is 5.73 Å². The number of nitrogens with two attached hydrogens (primary N) is 1. The first-order valence-corrected chi connectivity index (χ1v) is 7.76. The Bertz CT molecular complexity index is 592. The number of nitrogen functional groups attached to an aromatic ring is 1. The van der Waals surface area contributed by atoms with Gasteiger partial charge in [-0.15, -0.1) is 0 Å². The summed E-state index contributed by atoms with van der Waals surface area (Å²) < 4.78 is 14.3. The number of anilines is 1. The lowest BCUT2D eigenvalue weighted by molar-refractivity contribution is 0.623. The van der Waals surface area contributed by atoms with Gasteiger partial charge in [0.25, 0.3) is 0 Å². The molecule has 1 heterocycles. The molecular weight excluding hydrogens is 258 g/mol. The molecule has 0 bridgehead atoms. The first-order valence-electron chi connectivity index (χ1n) is 6.44. The second-order valence-corrected chi connectivity index (χ2v) is 5.74. The predicted molar refractivity (Wildman–Crippen MR) is 78.2 cm³/mol. The van der Waals surface area contributed by atoms with Crippen molar-refractivity contribution in [2.24, 2.45) is 0 Å². The van der Waals surface area contributed by atoms with Gasteiger partial charge in [-0.1, -0.05) is 19.1 Å². The van der Waals surface area contributed by atoms with Gasteiger partial charge in [-0.2, -0.15) is 5.10 Å². The third kappa shape index (κ3) is 3.04. The number of rotatable bonds is 5. The third-order valence-corrected chi connectivity index (χ3v) is 4.44. The van der Waals surface area contributed by atoms with E-state index in [-0.39, 0.29) is 0 Å². The van der Waals surface area contributed by atoms with Crippen molar-refractivity contribution in [2.45, 2.75) is 37.5 Å². The number of aromatic nitrogens is 2. The van der Waals surface area contributed by atoms with Gasteiger partial charge in [0, 0.05) is 12.2 Å². The highest BCUT2D eigenvalue weighted by molar-refractivity contribution is 7.84. The van der Waals surface area contributed by atoms with Crippen molar-refractivity contribution >= 4 is 16.5 Å². The van der Waals surface area contributed by atoms with E-state index in [0.717, 1.165) is 24.4 Å². The van der Waals surface area contributed by atoms with Crippen LogP contribution in [0.2, 0.25) is 0 Å². The Labute approximate surface area is 116 Å². The lowest BCUT2D eigenvalue weighted by Crippen LogP contribution is -2.07. The van der Waals surface area contributed by atoms with Crippen molar-refractivity contribution in [3.05, 3.63) is 41.7 Å². The Morgan fingerprint density at radius 1 is 1.32 bits per heavy atom. The van der Waals surface area contributed by atoms with Gasteiger partial charge in [0.2, 0.25) is 0 Å². The lowest BCUT2D eigenvalue weighted by atomic mass is 10.3. The zero-order valence-corrected chi connectivity index (χ0v) is 12.1. The second-order valence-electron chi connectivity index (χ2n) is 4.32. The lowest BCUT2D eigenvalue weighted by Gasteiger charge is -2.06. The van der Waals surface area contributed by atoms with Crippen LogP contribution in [0.1, 0.15) is 25.2 Å². The molecule has 102 valence electrons. The van der Waals surface area contributed by atoms with E-state index < -0.39 is 10.8 Å². The Balaban J connectivity index is 2.24. The molecule has 2 aromatic rings. The van der Waals surface area contributed by atoms with E-state index in [9.17, 15) is 4.21 Å². The molecule has 2 N–H and O–H groups in total. The minimum absolute atomic E-state index is 0.453. The minimum Gasteiger partial charge on any atom is -0.398 e. The van der Waals surface area contributed by atoms with Crippen LogP contribution in [0.15, 0.2) is 35.2 Å². The van der Waals surface area contributed by atoms with Crippen LogP contribution in [0.3, 0.4) is 0 Å². The van der Waals surface area contributed by atoms with Crippen molar-refractivity contribution in [3.8, 4) is 0 Å². The summed E-state index contributed by atoms with van der Waals surface area (Å²) in [5.41, 5.74) is 8.48. The Morgan fingerprint density at radius 2 is 2.05 bits per heavy atom. The number of hydrogen-bond donors (Lipinski definition) is 1. The van der Waals surface area contributed by atoms with Crippen LogP contribution >= 0.6 is 0 Å². The molecule has 0 radical (unpaired) electrons. The molecule has 19 heavy (non-hydrogen) atoms. The third-order valence-electron chi connectivity index (χ3n) is 3.02. The quantitative estimate of drug-likeness (QED) is 0.853. The molecule has 0 saturated carbocycles. The molecular formula is C14H19N3OS. The average molecular weight is 277 g/mol. The topological polar surface area (TPSA) is 60.9 Å². The molecule has 0 amide bonds. The highest BCUT2D eigenvalue weighted by Crippen LogP contribution is 2.19. The molecule has 0 aliphatic heterocycles. The van der Waals surface area contributed by atoms with Crippen LogP contribution in [-0.2, 0) is 29.5 Å². The number of aryl methyl sites for hydroxylation is 2. The van der Waals surface area contributed by atoms with E-state index in [1.54, 1.807) is 6.07 Å². The summed E-state index contributed by atoms with van der Waals surface area (Å²) in [7, 11) is -1.13. The molecule has 1 aromatic heterocycles. The van der Waals surface area contributed by atoms with E-state index in [2.05, 4.69) is 12.0 Å². The summed E-state index contributed by atoms with van der Waals surface area (Å²) >= 11 is 0. The summed E-state index contributed by atoms with van der Waals surface area (Å²) in [6.45, 7) is 4.89. The highest BCUT2D eigenvalue weighted by Gasteiger charge is 2.12. The van der Waals surface area contributed by atoms with Crippen LogP contribution in [-0.4, -0.2) is 14.0 Å². The van der Waals surface area contributed by atoms with E-state index >= 15 is 0 Å². The van der Waals surface area contributed by atoms with Crippen molar-refractivity contribution < 1.29 is 4.21 Å². The number of benzene rings is 1. The number of para-hydroxylation sites is 1. The van der Waals surface area contributed by atoms with Gasteiger partial charge in [-0.3, -0.25) is 8.89 Å². The SMILES string of the molecule is CCc1cc(CS(=O)c2ccccc2N)n(CC)n1. The fourth-order valence-corrected chi connectivity index (χ4v) is 3.20. The first-order chi connectivity index (χ1) is 9.15. The predicted octanol–water partition coefficient (Wildman–Crippen LogP) is 2.36. The minimum atomic E-state index is -1.13. The summed E-state index contributed by atoms with van der Waals surface area (Å²) in [5.74, 6) is 0.453. The Kier molecular flexibility index (Phi) is 4.37. The maximum Gasteiger partial charge on any atom is 0.0703 e. The largest absolute Gasteiger partial charge is 0.398 e. The molecule has 4 nitrogen and oxygen atoms in total. The van der Waals surface area contributed by atoms with Crippen molar-refractivity contribution in [1.82, 2.24) is 9.78 Å². The van der Waals surface area contributed by atoms with Gasteiger partial charge in [0.15, 0.2) is 0 Å². The molecule has 1 aromatic carbocycles. The summed E-state index contributed by atoms with van der Waals surface area (Å²) in [4.78, 5) is 0.699. The zero-order valence-electron chi connectivity index (χ0n) is 11.3. The number of nitrogens with zero attached hydrogens (tertiary/aromatic N) is 2. The monoisotopic (exact) mass is 277 g/mol. The Morgan fingerprint density at radius 3 is 2.68 bits per heavy atom. The highest BCUT2D eigenvalue weighted by atomic mass is 32.2. The zero-order chi connectivity index (χ0) is 13.8. The van der Waals surface area contributed by atoms with Crippen LogP contribution in [0.4, 0.5) is 5.69 Å². The Hall–Kier alpha value is -1.62. The maximum absolute atomic E-state index is 12.4. The van der Waals surface area contributed by atoms with Crippen LogP contribution in [0.5, 0.6) is 0 Å². The van der Waals surface area contributed by atoms with E-state index in [1.165, 1.54) is 0 Å². The van der Waals surface area contributed by atoms with E-state index in [0.29, 0.717) is 16.3 Å². The van der Waals surface area contributed by atoms with Crippen molar-refractivity contribution in [3.63, 3.8) is 0 Å². The summed E-state index contributed by atoms with van der Waals surface area (Å²) in [5, 5.41) is 4.47. The van der Waals surface area contributed by atoms with Gasteiger partial charge in [0.05, 0.1) is 32.8 Å².